The van der Waals surface area contributed by atoms with Crippen LogP contribution in [-0.2, 0) is 23.5 Å². The Morgan fingerprint density at radius 3 is 1.93 bits per heavy atom. The molecule has 0 aromatic heterocycles. The van der Waals surface area contributed by atoms with Crippen molar-refractivity contribution < 1.29 is 23.5 Å². The second-order valence-electron chi connectivity index (χ2n) is 8.83. The maximum atomic E-state index is 12.6. The molecular weight excluding hydrogens is 396 g/mol. The maximum Gasteiger partial charge on any atom is 0.323 e. The molecule has 0 saturated carbocycles. The molecule has 0 bridgehead atoms. The molecule has 0 fully saturated rings. The molecule has 1 rings (SSSR count). The third-order valence-electron chi connectivity index (χ3n) is 5.71. The van der Waals surface area contributed by atoms with Gasteiger partial charge in [-0.05, 0) is 36.5 Å². The molecule has 0 radical (unpaired) electrons. The van der Waals surface area contributed by atoms with Crippen molar-refractivity contribution in [3.63, 3.8) is 0 Å². The van der Waals surface area contributed by atoms with Gasteiger partial charge in [-0.25, -0.2) is 0 Å². The summed E-state index contributed by atoms with van der Waals surface area (Å²) < 4.78 is 16.1. The third kappa shape index (κ3) is 6.95. The first-order valence-electron chi connectivity index (χ1n) is 10.2. The van der Waals surface area contributed by atoms with Crippen molar-refractivity contribution in [1.82, 2.24) is 0 Å². The Bertz CT molecular complexity index is 729. The highest BCUT2D eigenvalue weighted by molar-refractivity contribution is 6.74. The van der Waals surface area contributed by atoms with E-state index in [2.05, 4.69) is 33.9 Å². The van der Waals surface area contributed by atoms with Crippen molar-refractivity contribution in [2.75, 3.05) is 20.8 Å². The lowest BCUT2D eigenvalue weighted by Gasteiger charge is -2.35. The van der Waals surface area contributed by atoms with Gasteiger partial charge in [-0.15, -0.1) is 0 Å². The monoisotopic (exact) mass is 432 g/mol. The molecule has 0 aliphatic rings. The molecule has 0 atom stereocenters. The summed E-state index contributed by atoms with van der Waals surface area (Å²) in [4.78, 5) is 25.2. The zero-order valence-electron chi connectivity index (χ0n) is 19.4. The molecule has 0 saturated heterocycles. The van der Waals surface area contributed by atoms with Crippen molar-refractivity contribution in [3.05, 3.63) is 54.1 Å². The number of benzene rings is 1. The molecule has 0 N–H and O–H groups in total. The molecule has 0 unspecified atom stereocenters. The number of allylic oxidation sites excluding steroid dienone is 2. The molecule has 5 nitrogen and oxygen atoms in total. The van der Waals surface area contributed by atoms with Crippen LogP contribution in [0.2, 0.25) is 18.1 Å². The zero-order chi connectivity index (χ0) is 22.8. The summed E-state index contributed by atoms with van der Waals surface area (Å²) in [6.45, 7) is 11.4. The van der Waals surface area contributed by atoms with E-state index >= 15 is 0 Å². The molecule has 166 valence electrons. The van der Waals surface area contributed by atoms with Crippen LogP contribution in [0.4, 0.5) is 0 Å². The molecule has 0 aliphatic carbocycles. The van der Waals surface area contributed by atoms with Gasteiger partial charge in [0.2, 0.25) is 0 Å². The standard InChI is InChI=1S/C24H36O5Si/c1-23(2,3)30(6,7)29-19-12-11-17-24(21(25)27-4,22(26)28-5)18-13-16-20-14-9-8-10-15-20/h8-16H,17-19H2,1-7H3/b12-11+,16-13+. The SMILES string of the molecule is COC(=O)C(C/C=C/CO[Si](C)(C)C(C)(C)C)(C/C=C/c1ccccc1)C(=O)OC. The van der Waals surface area contributed by atoms with Gasteiger partial charge in [-0.1, -0.05) is 75.4 Å². The van der Waals surface area contributed by atoms with Gasteiger partial charge in [0.15, 0.2) is 13.7 Å². The number of hydrogen-bond acceptors (Lipinski definition) is 5. The van der Waals surface area contributed by atoms with Crippen molar-refractivity contribution in [3.8, 4) is 0 Å². The quantitative estimate of drug-likeness (QED) is 0.215. The minimum absolute atomic E-state index is 0.116. The first-order valence-corrected chi connectivity index (χ1v) is 13.1. The van der Waals surface area contributed by atoms with Gasteiger partial charge in [0.25, 0.3) is 0 Å². The predicted octanol–water partition coefficient (Wildman–Crippen LogP) is 5.39. The largest absolute Gasteiger partial charge is 0.468 e. The van der Waals surface area contributed by atoms with Crippen molar-refractivity contribution >= 4 is 26.3 Å². The van der Waals surface area contributed by atoms with Crippen LogP contribution in [0.25, 0.3) is 6.08 Å². The summed E-state index contributed by atoms with van der Waals surface area (Å²) in [7, 11) is 0.704. The molecule has 1 aromatic rings. The number of carbonyl (C=O) groups is 2. The number of methoxy groups -OCH3 is 2. The van der Waals surface area contributed by atoms with Gasteiger partial charge in [-0.3, -0.25) is 9.59 Å². The van der Waals surface area contributed by atoms with Crippen molar-refractivity contribution in [1.29, 1.82) is 0 Å². The lowest BCUT2D eigenvalue weighted by Crippen LogP contribution is -2.41. The second kappa shape index (κ2) is 11.3. The fourth-order valence-electron chi connectivity index (χ4n) is 2.68. The Labute approximate surface area is 182 Å². The Hall–Kier alpha value is -2.18. The van der Waals surface area contributed by atoms with E-state index in [-0.39, 0.29) is 17.9 Å². The summed E-state index contributed by atoms with van der Waals surface area (Å²) in [6, 6.07) is 9.69. The van der Waals surface area contributed by atoms with Crippen molar-refractivity contribution in [2.24, 2.45) is 5.41 Å². The number of ether oxygens (including phenoxy) is 2. The van der Waals surface area contributed by atoms with Crippen LogP contribution >= 0.6 is 0 Å². The number of hydrogen-bond donors (Lipinski definition) is 0. The summed E-state index contributed by atoms with van der Waals surface area (Å²) in [5.41, 5.74) is -0.443. The van der Waals surface area contributed by atoms with E-state index < -0.39 is 25.7 Å². The number of esters is 2. The normalized spacial score (nSPS) is 13.0. The Kier molecular flexibility index (Phi) is 9.72. The molecule has 6 heteroatoms. The van der Waals surface area contributed by atoms with Crippen LogP contribution in [-0.4, -0.2) is 41.1 Å². The average Bonchev–Trinajstić information content (AvgIpc) is 2.70. The topological polar surface area (TPSA) is 61.8 Å². The highest BCUT2D eigenvalue weighted by Crippen LogP contribution is 2.36. The fourth-order valence-corrected chi connectivity index (χ4v) is 3.62. The maximum absolute atomic E-state index is 12.6. The molecule has 0 amide bonds. The van der Waals surface area contributed by atoms with E-state index in [4.69, 9.17) is 13.9 Å². The predicted molar refractivity (Wildman–Crippen MR) is 123 cm³/mol. The molecule has 1 aromatic carbocycles. The molecule has 30 heavy (non-hydrogen) atoms. The molecule has 0 heterocycles. The van der Waals surface area contributed by atoms with Gasteiger partial charge in [-0.2, -0.15) is 0 Å². The van der Waals surface area contributed by atoms with E-state index in [0.717, 1.165) is 5.56 Å². The van der Waals surface area contributed by atoms with Gasteiger partial charge >= 0.3 is 11.9 Å². The summed E-state index contributed by atoms with van der Waals surface area (Å²) in [6.07, 6.45) is 7.70. The highest BCUT2D eigenvalue weighted by Gasteiger charge is 2.46. The van der Waals surface area contributed by atoms with Gasteiger partial charge in [0.1, 0.15) is 0 Å². The summed E-state index contributed by atoms with van der Waals surface area (Å²) in [5, 5.41) is 0.116. The molecule has 0 aliphatic heterocycles. The third-order valence-corrected chi connectivity index (χ3v) is 10.2. The van der Waals surface area contributed by atoms with Crippen LogP contribution in [0.1, 0.15) is 39.2 Å². The lowest BCUT2D eigenvalue weighted by molar-refractivity contribution is -0.168. The second-order valence-corrected chi connectivity index (χ2v) is 13.6. The van der Waals surface area contributed by atoms with E-state index in [1.165, 1.54) is 14.2 Å². The van der Waals surface area contributed by atoms with Crippen LogP contribution < -0.4 is 0 Å². The minimum Gasteiger partial charge on any atom is -0.468 e. The summed E-state index contributed by atoms with van der Waals surface area (Å²) in [5.74, 6) is -1.22. The van der Waals surface area contributed by atoms with Gasteiger partial charge in [0.05, 0.1) is 20.8 Å². The van der Waals surface area contributed by atoms with E-state index in [1.807, 2.05) is 48.6 Å². The number of carbonyl (C=O) groups excluding carboxylic acids is 2. The van der Waals surface area contributed by atoms with Crippen LogP contribution in [0.5, 0.6) is 0 Å². The lowest BCUT2D eigenvalue weighted by atomic mass is 9.80. The summed E-state index contributed by atoms with van der Waals surface area (Å²) >= 11 is 0. The van der Waals surface area contributed by atoms with Gasteiger partial charge in [0, 0.05) is 0 Å². The minimum atomic E-state index is -1.86. The van der Waals surface area contributed by atoms with E-state index in [9.17, 15) is 9.59 Å². The Balaban J connectivity index is 2.96. The van der Waals surface area contributed by atoms with Crippen LogP contribution in [0.15, 0.2) is 48.6 Å². The van der Waals surface area contributed by atoms with E-state index in [0.29, 0.717) is 6.61 Å². The smallest absolute Gasteiger partial charge is 0.323 e. The first kappa shape index (κ1) is 25.9. The number of rotatable bonds is 10. The first-order chi connectivity index (χ1) is 14.0. The fraction of sp³-hybridized carbons (Fsp3) is 0.500. The van der Waals surface area contributed by atoms with Crippen LogP contribution in [0, 0.1) is 5.41 Å². The van der Waals surface area contributed by atoms with Crippen molar-refractivity contribution in [2.45, 2.75) is 51.7 Å². The average molecular weight is 433 g/mol. The van der Waals surface area contributed by atoms with E-state index in [1.54, 1.807) is 6.08 Å². The van der Waals surface area contributed by atoms with Gasteiger partial charge < -0.3 is 13.9 Å². The highest BCUT2D eigenvalue weighted by atomic mass is 28.4. The molecular formula is C24H36O5Si. The molecule has 0 spiro atoms. The van der Waals surface area contributed by atoms with Crippen LogP contribution in [0.3, 0.4) is 0 Å². The Morgan fingerprint density at radius 2 is 1.43 bits per heavy atom. The Morgan fingerprint density at radius 1 is 0.900 bits per heavy atom. The zero-order valence-corrected chi connectivity index (χ0v) is 20.4.